The Balaban J connectivity index is 2.30. The third kappa shape index (κ3) is 3.90. The van der Waals surface area contributed by atoms with Crippen molar-refractivity contribution in [3.05, 3.63) is 0 Å². The molecule has 0 radical (unpaired) electrons. The standard InChI is InChI=1S/C11H19NO2/c1-9(14)12-11(8-13)7-10-5-3-2-4-6-10/h8,10-11H,2-7H2,1H3,(H,12,14)/t11-/m0/s1. The van der Waals surface area contributed by atoms with Crippen molar-refractivity contribution in [1.29, 1.82) is 0 Å². The second kappa shape index (κ2) is 5.78. The van der Waals surface area contributed by atoms with Crippen molar-refractivity contribution >= 4 is 12.2 Å². The molecule has 0 aliphatic heterocycles. The molecular weight excluding hydrogens is 178 g/mol. The highest BCUT2D eigenvalue weighted by atomic mass is 16.2. The zero-order valence-corrected chi connectivity index (χ0v) is 8.79. The van der Waals surface area contributed by atoms with Gasteiger partial charge in [-0.25, -0.2) is 0 Å². The van der Waals surface area contributed by atoms with Crippen molar-refractivity contribution in [2.24, 2.45) is 5.92 Å². The van der Waals surface area contributed by atoms with Crippen LogP contribution < -0.4 is 5.32 Å². The molecule has 1 aliphatic carbocycles. The van der Waals surface area contributed by atoms with E-state index < -0.39 is 0 Å². The molecule has 1 fully saturated rings. The van der Waals surface area contributed by atoms with Gasteiger partial charge in [-0.3, -0.25) is 4.79 Å². The van der Waals surface area contributed by atoms with E-state index in [1.54, 1.807) is 0 Å². The summed E-state index contributed by atoms with van der Waals surface area (Å²) < 4.78 is 0. The van der Waals surface area contributed by atoms with Crippen LogP contribution in [0.2, 0.25) is 0 Å². The molecule has 1 aliphatic rings. The first-order chi connectivity index (χ1) is 6.72. The number of rotatable bonds is 4. The van der Waals surface area contributed by atoms with Gasteiger partial charge in [0.1, 0.15) is 6.29 Å². The van der Waals surface area contributed by atoms with Crippen molar-refractivity contribution < 1.29 is 9.59 Å². The minimum absolute atomic E-state index is 0.113. The number of hydrogen-bond donors (Lipinski definition) is 1. The van der Waals surface area contributed by atoms with Gasteiger partial charge in [-0.05, 0) is 12.3 Å². The molecular formula is C11H19NO2. The molecule has 1 saturated carbocycles. The van der Waals surface area contributed by atoms with Crippen LogP contribution in [0.1, 0.15) is 45.4 Å². The molecule has 0 saturated heterocycles. The quantitative estimate of drug-likeness (QED) is 0.697. The van der Waals surface area contributed by atoms with Gasteiger partial charge in [0.15, 0.2) is 0 Å². The number of carbonyl (C=O) groups excluding carboxylic acids is 2. The highest BCUT2D eigenvalue weighted by Gasteiger charge is 2.18. The SMILES string of the molecule is CC(=O)N[C@H](C=O)CC1CCCCC1. The number of hydrogen-bond acceptors (Lipinski definition) is 2. The lowest BCUT2D eigenvalue weighted by atomic mass is 9.85. The Morgan fingerprint density at radius 1 is 1.43 bits per heavy atom. The smallest absolute Gasteiger partial charge is 0.217 e. The maximum atomic E-state index is 10.8. The molecule has 3 heteroatoms. The molecule has 1 rings (SSSR count). The maximum absolute atomic E-state index is 10.8. The van der Waals surface area contributed by atoms with Gasteiger partial charge in [-0.1, -0.05) is 32.1 Å². The summed E-state index contributed by atoms with van der Waals surface area (Å²) in [5.74, 6) is 0.517. The summed E-state index contributed by atoms with van der Waals surface area (Å²) in [6.45, 7) is 1.46. The van der Waals surface area contributed by atoms with E-state index in [1.807, 2.05) is 0 Å². The van der Waals surface area contributed by atoms with E-state index in [0.29, 0.717) is 5.92 Å². The predicted octanol–water partition coefficient (Wildman–Crippen LogP) is 1.66. The third-order valence-electron chi connectivity index (χ3n) is 2.86. The first-order valence-electron chi connectivity index (χ1n) is 5.44. The van der Waals surface area contributed by atoms with Crippen molar-refractivity contribution in [1.82, 2.24) is 5.32 Å². The van der Waals surface area contributed by atoms with Crippen LogP contribution in [0.5, 0.6) is 0 Å². The van der Waals surface area contributed by atoms with E-state index in [0.717, 1.165) is 12.7 Å². The van der Waals surface area contributed by atoms with Crippen molar-refractivity contribution in [2.75, 3.05) is 0 Å². The first-order valence-corrected chi connectivity index (χ1v) is 5.44. The summed E-state index contributed by atoms with van der Waals surface area (Å²) in [5.41, 5.74) is 0. The van der Waals surface area contributed by atoms with Gasteiger partial charge in [-0.15, -0.1) is 0 Å². The average molecular weight is 197 g/mol. The Morgan fingerprint density at radius 2 is 2.07 bits per heavy atom. The van der Waals surface area contributed by atoms with Crippen LogP contribution >= 0.6 is 0 Å². The summed E-state index contributed by atoms with van der Waals surface area (Å²) in [7, 11) is 0. The van der Waals surface area contributed by atoms with Crippen LogP contribution in [0, 0.1) is 5.92 Å². The van der Waals surface area contributed by atoms with E-state index in [-0.39, 0.29) is 11.9 Å². The topological polar surface area (TPSA) is 46.2 Å². The summed E-state index contributed by atoms with van der Waals surface area (Å²) >= 11 is 0. The molecule has 1 amide bonds. The average Bonchev–Trinajstić information content (AvgIpc) is 2.17. The zero-order valence-electron chi connectivity index (χ0n) is 8.79. The van der Waals surface area contributed by atoms with Gasteiger partial charge >= 0.3 is 0 Å². The van der Waals surface area contributed by atoms with E-state index >= 15 is 0 Å². The van der Waals surface area contributed by atoms with Crippen molar-refractivity contribution in [3.63, 3.8) is 0 Å². The van der Waals surface area contributed by atoms with Crippen LogP contribution in [-0.4, -0.2) is 18.2 Å². The van der Waals surface area contributed by atoms with Gasteiger partial charge in [0.25, 0.3) is 0 Å². The number of aldehydes is 1. The highest BCUT2D eigenvalue weighted by molar-refractivity contribution is 5.77. The van der Waals surface area contributed by atoms with E-state index in [2.05, 4.69) is 5.32 Å². The molecule has 14 heavy (non-hydrogen) atoms. The van der Waals surface area contributed by atoms with Gasteiger partial charge < -0.3 is 10.1 Å². The number of amides is 1. The fourth-order valence-corrected chi connectivity index (χ4v) is 2.19. The fourth-order valence-electron chi connectivity index (χ4n) is 2.19. The molecule has 80 valence electrons. The van der Waals surface area contributed by atoms with Crippen LogP contribution in [0.3, 0.4) is 0 Å². The van der Waals surface area contributed by atoms with Gasteiger partial charge in [0.05, 0.1) is 6.04 Å². The lowest BCUT2D eigenvalue weighted by Crippen LogP contribution is -2.36. The number of nitrogens with one attached hydrogen (secondary N) is 1. The Bertz CT molecular complexity index is 197. The highest BCUT2D eigenvalue weighted by Crippen LogP contribution is 2.26. The molecule has 0 heterocycles. The minimum Gasteiger partial charge on any atom is -0.347 e. The summed E-state index contributed by atoms with van der Waals surface area (Å²) in [5, 5.41) is 2.67. The minimum atomic E-state index is -0.268. The molecule has 1 atom stereocenters. The summed E-state index contributed by atoms with van der Waals surface area (Å²) in [6, 6.07) is -0.268. The summed E-state index contributed by atoms with van der Waals surface area (Å²) in [6.07, 6.45) is 7.97. The normalized spacial score (nSPS) is 20.1. The lowest BCUT2D eigenvalue weighted by molar-refractivity contribution is -0.122. The van der Waals surface area contributed by atoms with Crippen molar-refractivity contribution in [2.45, 2.75) is 51.5 Å². The Kier molecular flexibility index (Phi) is 4.63. The van der Waals surface area contributed by atoms with Crippen molar-refractivity contribution in [3.8, 4) is 0 Å². The Hall–Kier alpha value is -0.860. The number of carbonyl (C=O) groups is 2. The van der Waals surface area contributed by atoms with Crippen LogP contribution in [0.15, 0.2) is 0 Å². The second-order valence-corrected chi connectivity index (χ2v) is 4.18. The molecule has 0 aromatic carbocycles. The molecule has 0 unspecified atom stereocenters. The molecule has 0 bridgehead atoms. The van der Waals surface area contributed by atoms with Crippen LogP contribution in [0.25, 0.3) is 0 Å². The summed E-state index contributed by atoms with van der Waals surface area (Å²) in [4.78, 5) is 21.5. The van der Waals surface area contributed by atoms with Gasteiger partial charge in [0.2, 0.25) is 5.91 Å². The third-order valence-corrected chi connectivity index (χ3v) is 2.86. The first kappa shape index (κ1) is 11.2. The molecule has 0 spiro atoms. The zero-order chi connectivity index (χ0) is 10.4. The van der Waals surface area contributed by atoms with E-state index in [1.165, 1.54) is 39.0 Å². The van der Waals surface area contributed by atoms with E-state index in [4.69, 9.17) is 0 Å². The second-order valence-electron chi connectivity index (χ2n) is 4.18. The molecule has 0 aromatic heterocycles. The fraction of sp³-hybridized carbons (Fsp3) is 0.818. The monoisotopic (exact) mass is 197 g/mol. The largest absolute Gasteiger partial charge is 0.347 e. The maximum Gasteiger partial charge on any atom is 0.217 e. The molecule has 1 N–H and O–H groups in total. The van der Waals surface area contributed by atoms with Crippen LogP contribution in [0.4, 0.5) is 0 Å². The molecule has 3 nitrogen and oxygen atoms in total. The Labute approximate surface area is 85.3 Å². The van der Waals surface area contributed by atoms with Gasteiger partial charge in [0, 0.05) is 6.92 Å². The Morgan fingerprint density at radius 3 is 2.57 bits per heavy atom. The van der Waals surface area contributed by atoms with Crippen LogP contribution in [-0.2, 0) is 9.59 Å². The lowest BCUT2D eigenvalue weighted by Gasteiger charge is -2.24. The van der Waals surface area contributed by atoms with E-state index in [9.17, 15) is 9.59 Å². The molecule has 0 aromatic rings. The van der Waals surface area contributed by atoms with Gasteiger partial charge in [-0.2, -0.15) is 0 Å². The predicted molar refractivity (Wildman–Crippen MR) is 54.9 cm³/mol.